The summed E-state index contributed by atoms with van der Waals surface area (Å²) in [6, 6.07) is 0. The van der Waals surface area contributed by atoms with Crippen molar-refractivity contribution in [1.82, 2.24) is 10.3 Å². The molecule has 0 aliphatic carbocycles. The molecular weight excluding hydrogens is 356 g/mol. The van der Waals surface area contributed by atoms with E-state index >= 15 is 0 Å². The van der Waals surface area contributed by atoms with E-state index in [0.29, 0.717) is 10.6 Å². The molecule has 2 heterocycles. The van der Waals surface area contributed by atoms with Gasteiger partial charge in [-0.25, -0.2) is 9.78 Å². The van der Waals surface area contributed by atoms with Crippen molar-refractivity contribution in [2.75, 3.05) is 17.7 Å². The maximum Gasteiger partial charge on any atom is 0.350 e. The zero-order valence-corrected chi connectivity index (χ0v) is 14.5. The molecule has 1 aromatic heterocycles. The molecule has 1 aliphatic rings. The summed E-state index contributed by atoms with van der Waals surface area (Å²) in [4.78, 5) is 54.0. The van der Waals surface area contributed by atoms with E-state index in [9.17, 15) is 19.2 Å². The number of carbonyl (C=O) groups excluding carboxylic acids is 4. The number of aliphatic imine (C=N–C) groups is 1. The van der Waals surface area contributed by atoms with Crippen molar-refractivity contribution in [2.24, 2.45) is 4.99 Å². The summed E-state index contributed by atoms with van der Waals surface area (Å²) >= 11 is 1.95. The summed E-state index contributed by atoms with van der Waals surface area (Å²) < 4.78 is 4.90. The number of amidine groups is 1. The standard InChI is InChI=1S/C13H14N4O5S2/c1-3-22-11(21)10-6(2)14-13(24-10)17-9(20)5-23-12-15-7(18)4-8(19)16-12/h3-5H2,1-2H3,(H,14,17,20)(H,15,16,18,19). The van der Waals surface area contributed by atoms with E-state index in [1.54, 1.807) is 13.8 Å². The van der Waals surface area contributed by atoms with Crippen LogP contribution in [0, 0.1) is 6.92 Å². The molecule has 24 heavy (non-hydrogen) atoms. The maximum absolute atomic E-state index is 11.9. The van der Waals surface area contributed by atoms with Crippen LogP contribution in [0.2, 0.25) is 0 Å². The van der Waals surface area contributed by atoms with Crippen molar-refractivity contribution in [3.8, 4) is 0 Å². The molecule has 0 saturated carbocycles. The highest BCUT2D eigenvalue weighted by atomic mass is 32.2. The van der Waals surface area contributed by atoms with Crippen molar-refractivity contribution >= 4 is 57.1 Å². The molecule has 0 fully saturated rings. The summed E-state index contributed by atoms with van der Waals surface area (Å²) in [6.07, 6.45) is -0.286. The van der Waals surface area contributed by atoms with Gasteiger partial charge < -0.3 is 15.4 Å². The van der Waals surface area contributed by atoms with Gasteiger partial charge in [-0.1, -0.05) is 23.1 Å². The number of thiazole rings is 1. The van der Waals surface area contributed by atoms with Gasteiger partial charge in [0, 0.05) is 0 Å². The number of amides is 3. The van der Waals surface area contributed by atoms with Crippen LogP contribution >= 0.6 is 23.1 Å². The quantitative estimate of drug-likeness (QED) is 0.577. The molecule has 0 atom stereocenters. The number of hydrogen-bond donors (Lipinski definition) is 2. The summed E-state index contributed by atoms with van der Waals surface area (Å²) in [5.74, 6) is -1.96. The molecule has 3 amide bonds. The van der Waals surface area contributed by atoms with Crippen LogP contribution in [-0.4, -0.2) is 46.2 Å². The fraction of sp³-hybridized carbons (Fsp3) is 0.385. The molecule has 0 bridgehead atoms. The fourth-order valence-electron chi connectivity index (χ4n) is 1.68. The molecule has 0 radical (unpaired) electrons. The predicted molar refractivity (Wildman–Crippen MR) is 89.1 cm³/mol. The first-order chi connectivity index (χ1) is 11.4. The lowest BCUT2D eigenvalue weighted by Gasteiger charge is -2.11. The monoisotopic (exact) mass is 370 g/mol. The Bertz CT molecular complexity index is 728. The Labute approximate surface area is 145 Å². The summed E-state index contributed by atoms with van der Waals surface area (Å²) in [6.45, 7) is 3.60. The number of aromatic nitrogens is 1. The Morgan fingerprint density at radius 3 is 2.83 bits per heavy atom. The zero-order valence-electron chi connectivity index (χ0n) is 12.9. The number of nitrogens with one attached hydrogen (secondary N) is 2. The van der Waals surface area contributed by atoms with Gasteiger partial charge in [0.05, 0.1) is 18.1 Å². The summed E-state index contributed by atoms with van der Waals surface area (Å²) in [5, 5.41) is 5.32. The normalized spacial score (nSPS) is 14.0. The van der Waals surface area contributed by atoms with E-state index in [0.717, 1.165) is 23.1 Å². The number of hydrogen-bond acceptors (Lipinski definition) is 8. The molecule has 0 spiro atoms. The Morgan fingerprint density at radius 2 is 2.17 bits per heavy atom. The van der Waals surface area contributed by atoms with Crippen LogP contribution in [0.5, 0.6) is 0 Å². The van der Waals surface area contributed by atoms with Gasteiger partial charge in [-0.2, -0.15) is 4.99 Å². The largest absolute Gasteiger partial charge is 0.462 e. The van der Waals surface area contributed by atoms with E-state index < -0.39 is 23.7 Å². The topological polar surface area (TPSA) is 127 Å². The Morgan fingerprint density at radius 1 is 1.42 bits per heavy atom. The Kier molecular flexibility index (Phi) is 6.04. The molecule has 2 N–H and O–H groups in total. The summed E-state index contributed by atoms with van der Waals surface area (Å²) in [5.41, 5.74) is 0.468. The molecule has 1 aromatic rings. The number of ether oxygens (including phenoxy) is 1. The third kappa shape index (κ3) is 4.86. The highest BCUT2D eigenvalue weighted by Gasteiger charge is 2.20. The molecule has 0 unspecified atom stereocenters. The van der Waals surface area contributed by atoms with E-state index in [1.165, 1.54) is 0 Å². The lowest BCUT2D eigenvalue weighted by Crippen LogP contribution is -2.35. The first-order valence-corrected chi connectivity index (χ1v) is 8.67. The number of esters is 1. The van der Waals surface area contributed by atoms with Crippen LogP contribution in [0.4, 0.5) is 5.13 Å². The number of rotatable bonds is 5. The van der Waals surface area contributed by atoms with Gasteiger partial charge in [0.25, 0.3) is 5.91 Å². The molecular formula is C13H14N4O5S2. The minimum Gasteiger partial charge on any atom is -0.462 e. The molecule has 0 aromatic carbocycles. The highest BCUT2D eigenvalue weighted by molar-refractivity contribution is 8.14. The van der Waals surface area contributed by atoms with Gasteiger partial charge in [0.15, 0.2) is 10.3 Å². The average Bonchev–Trinajstić information content (AvgIpc) is 2.85. The minimum atomic E-state index is -0.545. The molecule has 9 nitrogen and oxygen atoms in total. The van der Waals surface area contributed by atoms with Crippen LogP contribution in [0.15, 0.2) is 4.99 Å². The van der Waals surface area contributed by atoms with E-state index in [4.69, 9.17) is 4.74 Å². The first kappa shape index (κ1) is 18.1. The molecule has 1 aliphatic heterocycles. The average molecular weight is 370 g/mol. The molecule has 2 rings (SSSR count). The number of nitrogens with zero attached hydrogens (tertiary/aromatic N) is 2. The van der Waals surface area contributed by atoms with Crippen molar-refractivity contribution in [3.05, 3.63) is 10.6 Å². The van der Waals surface area contributed by atoms with E-state index in [-0.39, 0.29) is 29.1 Å². The maximum atomic E-state index is 11.9. The zero-order chi connectivity index (χ0) is 17.7. The predicted octanol–water partition coefficient (Wildman–Crippen LogP) is 0.702. The molecule has 11 heteroatoms. The van der Waals surface area contributed by atoms with E-state index in [2.05, 4.69) is 20.6 Å². The third-order valence-electron chi connectivity index (χ3n) is 2.63. The van der Waals surface area contributed by atoms with Crippen LogP contribution in [0.3, 0.4) is 0 Å². The number of carbonyl (C=O) groups is 4. The molecule has 0 saturated heterocycles. The second-order valence-corrected chi connectivity index (χ2v) is 6.49. The van der Waals surface area contributed by atoms with Gasteiger partial charge in [0.1, 0.15) is 11.3 Å². The second-order valence-electron chi connectivity index (χ2n) is 4.53. The van der Waals surface area contributed by atoms with Gasteiger partial charge in [-0.15, -0.1) is 0 Å². The first-order valence-electron chi connectivity index (χ1n) is 6.87. The van der Waals surface area contributed by atoms with Crippen molar-refractivity contribution in [3.63, 3.8) is 0 Å². The third-order valence-corrected chi connectivity index (χ3v) is 4.55. The molecule has 128 valence electrons. The fourth-order valence-corrected chi connectivity index (χ4v) is 3.24. The minimum absolute atomic E-state index is 0.0697. The van der Waals surface area contributed by atoms with Crippen LogP contribution in [0.25, 0.3) is 0 Å². The lowest BCUT2D eigenvalue weighted by molar-refractivity contribution is -0.127. The van der Waals surface area contributed by atoms with Gasteiger partial charge in [0.2, 0.25) is 11.8 Å². The summed E-state index contributed by atoms with van der Waals surface area (Å²) in [7, 11) is 0. The lowest BCUT2D eigenvalue weighted by atomic mass is 10.4. The van der Waals surface area contributed by atoms with Gasteiger partial charge in [-0.3, -0.25) is 14.4 Å². The van der Waals surface area contributed by atoms with Gasteiger partial charge in [-0.05, 0) is 13.8 Å². The van der Waals surface area contributed by atoms with E-state index in [1.807, 2.05) is 0 Å². The van der Waals surface area contributed by atoms with Gasteiger partial charge >= 0.3 is 5.97 Å². The SMILES string of the molecule is CCOC(=O)c1sc(NC(=O)CSC2=NC(=O)CC(=O)N2)nc1C. The second kappa shape index (κ2) is 8.02. The Hall–Kier alpha value is -2.27. The van der Waals surface area contributed by atoms with Crippen LogP contribution < -0.4 is 10.6 Å². The smallest absolute Gasteiger partial charge is 0.350 e. The van der Waals surface area contributed by atoms with Crippen LogP contribution in [0.1, 0.15) is 28.7 Å². The number of thioether (sulfide) groups is 1. The van der Waals surface area contributed by atoms with Crippen molar-refractivity contribution in [2.45, 2.75) is 20.3 Å². The number of aryl methyl sites for hydroxylation is 1. The van der Waals surface area contributed by atoms with Crippen molar-refractivity contribution in [1.29, 1.82) is 0 Å². The van der Waals surface area contributed by atoms with Crippen LogP contribution in [-0.2, 0) is 19.1 Å². The van der Waals surface area contributed by atoms with Crippen molar-refractivity contribution < 1.29 is 23.9 Å². The Balaban J connectivity index is 1.91. The highest BCUT2D eigenvalue weighted by Crippen LogP contribution is 2.23. The number of anilines is 1.